The van der Waals surface area contributed by atoms with Crippen molar-refractivity contribution in [2.45, 2.75) is 25.7 Å². The van der Waals surface area contributed by atoms with Crippen molar-refractivity contribution >= 4 is 28.5 Å². The summed E-state index contributed by atoms with van der Waals surface area (Å²) < 4.78 is 0. The Labute approximate surface area is 362 Å². The van der Waals surface area contributed by atoms with Gasteiger partial charge in [0.15, 0.2) is 17.3 Å². The van der Waals surface area contributed by atoms with E-state index in [1.165, 1.54) is 0 Å². The van der Waals surface area contributed by atoms with Gasteiger partial charge < -0.3 is 20.0 Å². The second-order valence-corrected chi connectivity index (χ2v) is 15.8. The predicted molar refractivity (Wildman–Crippen MR) is 245 cm³/mol. The number of allylic oxidation sites excluding steroid dienone is 4. The topological polar surface area (TPSA) is 98.2 Å². The number of aliphatic hydroxyl groups is 2. The smallest absolute Gasteiger partial charge is 0.193 e. The fourth-order valence-electron chi connectivity index (χ4n) is 8.50. The van der Waals surface area contributed by atoms with Crippen LogP contribution < -0.4 is 0 Å². The molecule has 0 fully saturated rings. The Morgan fingerprint density at radius 2 is 0.806 bits per heavy atom. The average molecular weight is 817 g/mol. The number of aliphatic hydroxyl groups excluding tert-OH is 2. The van der Waals surface area contributed by atoms with E-state index in [1.54, 1.807) is 0 Å². The molecule has 8 rings (SSSR count). The Bertz CT molecular complexity index is 2540. The molecule has 62 heavy (non-hydrogen) atoms. The molecule has 2 atom stereocenters. The fraction of sp³-hybridized carbons (Fsp3) is 0.145. The third-order valence-corrected chi connectivity index (χ3v) is 11.5. The van der Waals surface area contributed by atoms with Crippen LogP contribution in [0.1, 0.15) is 81.9 Å². The van der Waals surface area contributed by atoms with Crippen LogP contribution in [-0.2, 0) is 0 Å². The van der Waals surface area contributed by atoms with Crippen LogP contribution in [0.25, 0.3) is 11.1 Å². The molecule has 6 aromatic carbocycles. The predicted octanol–water partition coefficient (Wildman–Crippen LogP) is 9.93. The Balaban J connectivity index is 1.11. The lowest BCUT2D eigenvalue weighted by atomic mass is 9.77. The van der Waals surface area contributed by atoms with Crippen molar-refractivity contribution in [3.8, 4) is 0 Å². The van der Waals surface area contributed by atoms with Gasteiger partial charge in [-0.05, 0) is 47.2 Å². The molecule has 0 radical (unpaired) electrons. The van der Waals surface area contributed by atoms with Crippen LogP contribution in [0.15, 0.2) is 194 Å². The lowest BCUT2D eigenvalue weighted by Gasteiger charge is -2.32. The van der Waals surface area contributed by atoms with Crippen LogP contribution in [-0.4, -0.2) is 63.7 Å². The number of ketones is 3. The van der Waals surface area contributed by atoms with Gasteiger partial charge in [0.2, 0.25) is 0 Å². The number of carbonyl (C=O) groups is 3. The lowest BCUT2D eigenvalue weighted by molar-refractivity contribution is 0.101. The monoisotopic (exact) mass is 816 g/mol. The minimum Gasteiger partial charge on any atom is -0.395 e. The molecule has 7 heteroatoms. The minimum atomic E-state index is -0.393. The van der Waals surface area contributed by atoms with Crippen LogP contribution in [0, 0.1) is 13.8 Å². The zero-order valence-electron chi connectivity index (χ0n) is 34.8. The maximum Gasteiger partial charge on any atom is 0.193 e. The zero-order chi connectivity index (χ0) is 43.2. The van der Waals surface area contributed by atoms with Gasteiger partial charge in [0.1, 0.15) is 0 Å². The van der Waals surface area contributed by atoms with E-state index in [0.717, 1.165) is 44.5 Å². The van der Waals surface area contributed by atoms with Gasteiger partial charge in [0.05, 0.1) is 13.2 Å². The van der Waals surface area contributed by atoms with Crippen molar-refractivity contribution < 1.29 is 24.6 Å². The molecule has 0 amide bonds. The van der Waals surface area contributed by atoms with E-state index in [0.29, 0.717) is 46.5 Å². The van der Waals surface area contributed by atoms with Crippen molar-refractivity contribution in [3.63, 3.8) is 0 Å². The van der Waals surface area contributed by atoms with Gasteiger partial charge in [-0.1, -0.05) is 169 Å². The molecule has 0 aromatic heterocycles. The van der Waals surface area contributed by atoms with Crippen molar-refractivity contribution in [1.82, 2.24) is 9.80 Å². The number of carbonyl (C=O) groups excluding carboxylic acids is 3. The summed E-state index contributed by atoms with van der Waals surface area (Å²) in [5.74, 6) is -1.11. The first-order chi connectivity index (χ1) is 30.2. The van der Waals surface area contributed by atoms with E-state index in [2.05, 4.69) is 12.1 Å². The molecule has 0 bridgehead atoms. The third-order valence-electron chi connectivity index (χ3n) is 11.5. The number of hydrogen-bond donors (Lipinski definition) is 2. The van der Waals surface area contributed by atoms with E-state index >= 15 is 0 Å². The normalized spacial score (nSPS) is 16.2. The maximum atomic E-state index is 14.2. The Morgan fingerprint density at radius 1 is 0.435 bits per heavy atom. The summed E-state index contributed by atoms with van der Waals surface area (Å²) >= 11 is 0. The molecule has 2 N–H and O–H groups in total. The molecule has 2 aliphatic heterocycles. The van der Waals surface area contributed by atoms with Gasteiger partial charge in [0.25, 0.3) is 0 Å². The van der Waals surface area contributed by atoms with Crippen molar-refractivity contribution in [1.29, 1.82) is 0 Å². The number of benzene rings is 6. The zero-order valence-corrected chi connectivity index (χ0v) is 34.8. The first-order valence-electron chi connectivity index (χ1n) is 20.9. The summed E-state index contributed by atoms with van der Waals surface area (Å²) in [5.41, 5.74) is 10.9. The Morgan fingerprint density at radius 3 is 1.16 bits per heavy atom. The molecule has 308 valence electrons. The van der Waals surface area contributed by atoms with Crippen molar-refractivity contribution in [2.75, 3.05) is 26.3 Å². The highest BCUT2D eigenvalue weighted by molar-refractivity contribution is 6.13. The van der Waals surface area contributed by atoms with E-state index in [4.69, 9.17) is 0 Å². The molecule has 2 aliphatic rings. The molecule has 0 spiro atoms. The quantitative estimate of drug-likeness (QED) is 0.106. The van der Waals surface area contributed by atoms with Gasteiger partial charge in [-0.15, -0.1) is 0 Å². The molecule has 7 nitrogen and oxygen atoms in total. The number of hydrogen-bond acceptors (Lipinski definition) is 7. The maximum absolute atomic E-state index is 14.2. The van der Waals surface area contributed by atoms with Gasteiger partial charge in [0, 0.05) is 83.1 Å². The summed E-state index contributed by atoms with van der Waals surface area (Å²) in [4.78, 5) is 46.3. The molecule has 0 saturated heterocycles. The average Bonchev–Trinajstić information content (AvgIpc) is 3.31. The number of rotatable bonds is 14. The highest BCUT2D eigenvalue weighted by Crippen LogP contribution is 2.44. The van der Waals surface area contributed by atoms with Crippen molar-refractivity contribution in [2.24, 2.45) is 0 Å². The molecule has 6 aromatic rings. The third kappa shape index (κ3) is 8.82. The summed E-state index contributed by atoms with van der Waals surface area (Å²) in [6.07, 6.45) is 7.66. The van der Waals surface area contributed by atoms with Gasteiger partial charge in [-0.2, -0.15) is 0 Å². The van der Waals surface area contributed by atoms with E-state index in [1.807, 2.05) is 194 Å². The first-order valence-corrected chi connectivity index (χ1v) is 20.9. The van der Waals surface area contributed by atoms with E-state index in [9.17, 15) is 24.6 Å². The molecular formula is C55H48N2O5. The number of β-amino-alcohol motifs (C(OH)–C–C–N with tert-alkyl or cyclic N) is 2. The number of Topliss-reactive ketones (excluding diaryl/α,β-unsaturated/α-hetero) is 2. The van der Waals surface area contributed by atoms with E-state index in [-0.39, 0.29) is 30.6 Å². The van der Waals surface area contributed by atoms with E-state index < -0.39 is 11.8 Å². The summed E-state index contributed by atoms with van der Waals surface area (Å²) in [6.45, 7) is 4.50. The first kappa shape index (κ1) is 41.5. The summed E-state index contributed by atoms with van der Waals surface area (Å²) in [6, 6.07) is 49.8. The second kappa shape index (κ2) is 18.6. The number of nitrogens with zero attached hydrogens (tertiary/aromatic N) is 2. The Hall–Kier alpha value is -7.19. The molecule has 0 aliphatic carbocycles. The SMILES string of the molecule is Cc1cccc(C2C(C(=O)c3ccccc3)=CN(CCO)C=C2c2ccc(C(=O)c3ccc(C4=CN(CCO)C=C(C(=O)c5ccccc5)C4c4cccc(C)c4)cc3)cc2)c1. The Kier molecular flexibility index (Phi) is 12.5. The highest BCUT2D eigenvalue weighted by atomic mass is 16.3. The molecule has 2 heterocycles. The number of aryl methyl sites for hydroxylation is 2. The minimum absolute atomic E-state index is 0.0915. The summed E-state index contributed by atoms with van der Waals surface area (Å²) in [5, 5.41) is 19.9. The van der Waals surface area contributed by atoms with Crippen LogP contribution in [0.4, 0.5) is 0 Å². The summed E-state index contributed by atoms with van der Waals surface area (Å²) in [7, 11) is 0. The van der Waals surface area contributed by atoms with Crippen LogP contribution in [0.5, 0.6) is 0 Å². The van der Waals surface area contributed by atoms with Gasteiger partial charge >= 0.3 is 0 Å². The van der Waals surface area contributed by atoms with Crippen LogP contribution >= 0.6 is 0 Å². The molecule has 0 saturated carbocycles. The van der Waals surface area contributed by atoms with Crippen LogP contribution in [0.2, 0.25) is 0 Å². The van der Waals surface area contributed by atoms with Crippen molar-refractivity contribution in [3.05, 3.63) is 249 Å². The standard InChI is InChI=1S/C55H48N2O5/c1-37-11-9-17-45(31-37)51-47(33-56(27-29-58)35-49(51)54(61)41-13-5-3-6-14-41)39-19-23-43(24-20-39)53(60)44-25-21-40(22-26-44)48-34-57(28-30-59)36-50(55(62)42-15-7-4-8-16-42)52(48)46-18-10-12-38(2)32-46/h3-26,31-36,51-52,58-59H,27-30H2,1-2H3. The fourth-order valence-corrected chi connectivity index (χ4v) is 8.50. The second-order valence-electron chi connectivity index (χ2n) is 15.8. The van der Waals surface area contributed by atoms with Gasteiger partial charge in [-0.3, -0.25) is 14.4 Å². The van der Waals surface area contributed by atoms with Gasteiger partial charge in [-0.25, -0.2) is 0 Å². The van der Waals surface area contributed by atoms with Crippen LogP contribution in [0.3, 0.4) is 0 Å². The lowest BCUT2D eigenvalue weighted by Crippen LogP contribution is -2.26. The molecular weight excluding hydrogens is 769 g/mol. The highest BCUT2D eigenvalue weighted by Gasteiger charge is 2.34. The molecule has 2 unspecified atom stereocenters. The largest absolute Gasteiger partial charge is 0.395 e.